The lowest BCUT2D eigenvalue weighted by Gasteiger charge is -2.15. The molecule has 0 aliphatic carbocycles. The summed E-state index contributed by atoms with van der Waals surface area (Å²) < 4.78 is 5.49. The third kappa shape index (κ3) is 3.37. The molecule has 1 aromatic carbocycles. The van der Waals surface area contributed by atoms with E-state index in [9.17, 15) is 4.79 Å². The molecule has 1 aliphatic rings. The average Bonchev–Trinajstić information content (AvgIpc) is 2.85. The number of hydrogen-bond acceptors (Lipinski definition) is 2. The topological polar surface area (TPSA) is 29.5 Å². The number of hydrogen-bond donors (Lipinski definition) is 0. The second-order valence-electron chi connectivity index (χ2n) is 4.12. The number of amides is 1. The first-order chi connectivity index (χ1) is 8.27. The van der Waals surface area contributed by atoms with E-state index in [0.29, 0.717) is 23.8 Å². The van der Waals surface area contributed by atoms with Gasteiger partial charge in [0.15, 0.2) is 0 Å². The van der Waals surface area contributed by atoms with Crippen LogP contribution in [-0.4, -0.2) is 30.5 Å². The quantitative estimate of drug-likeness (QED) is 0.826. The molecule has 1 aromatic rings. The van der Waals surface area contributed by atoms with Gasteiger partial charge in [0.1, 0.15) is 5.75 Å². The number of nitrogens with zero attached hydrogens (tertiary/aromatic N) is 1. The molecule has 1 aliphatic heterocycles. The lowest BCUT2D eigenvalue weighted by molar-refractivity contribution is -0.130. The van der Waals surface area contributed by atoms with Crippen LogP contribution in [0.5, 0.6) is 5.75 Å². The summed E-state index contributed by atoms with van der Waals surface area (Å²) in [6.45, 7) is 2.18. The van der Waals surface area contributed by atoms with E-state index in [0.717, 1.165) is 25.9 Å². The van der Waals surface area contributed by atoms with Crippen molar-refractivity contribution in [2.45, 2.75) is 19.3 Å². The van der Waals surface area contributed by atoms with Crippen LogP contribution in [0.15, 0.2) is 24.3 Å². The van der Waals surface area contributed by atoms with Gasteiger partial charge in [0, 0.05) is 13.1 Å². The zero-order valence-electron chi connectivity index (χ0n) is 9.69. The van der Waals surface area contributed by atoms with E-state index < -0.39 is 0 Å². The fraction of sp³-hybridized carbons (Fsp3) is 0.462. The Hall–Kier alpha value is -1.22. The smallest absolute Gasteiger partial charge is 0.225 e. The lowest BCUT2D eigenvalue weighted by atomic mass is 10.3. The van der Waals surface area contributed by atoms with Crippen LogP contribution in [0, 0.1) is 0 Å². The molecule has 0 spiro atoms. The molecule has 0 N–H and O–H groups in total. The summed E-state index contributed by atoms with van der Waals surface area (Å²) in [5.41, 5.74) is 0. The Bertz CT molecular complexity index is 389. The molecule has 1 fully saturated rings. The van der Waals surface area contributed by atoms with Crippen molar-refractivity contribution < 1.29 is 9.53 Å². The van der Waals surface area contributed by atoms with Gasteiger partial charge in [-0.05, 0) is 25.0 Å². The van der Waals surface area contributed by atoms with E-state index in [-0.39, 0.29) is 5.91 Å². The van der Waals surface area contributed by atoms with Gasteiger partial charge in [-0.2, -0.15) is 0 Å². The van der Waals surface area contributed by atoms with Crippen molar-refractivity contribution in [1.82, 2.24) is 4.90 Å². The molecule has 0 atom stereocenters. The van der Waals surface area contributed by atoms with E-state index >= 15 is 0 Å². The second kappa shape index (κ2) is 5.92. The zero-order chi connectivity index (χ0) is 12.1. The highest BCUT2D eigenvalue weighted by Gasteiger charge is 2.17. The number of halogens is 1. The highest BCUT2D eigenvalue weighted by molar-refractivity contribution is 6.32. The van der Waals surface area contributed by atoms with Gasteiger partial charge in [0.05, 0.1) is 18.1 Å². The molecule has 0 radical (unpaired) electrons. The first-order valence-corrected chi connectivity index (χ1v) is 6.30. The third-order valence-electron chi connectivity index (χ3n) is 2.87. The molecule has 2 rings (SSSR count). The highest BCUT2D eigenvalue weighted by Crippen LogP contribution is 2.23. The van der Waals surface area contributed by atoms with Gasteiger partial charge in [-0.15, -0.1) is 0 Å². The molecule has 3 nitrogen and oxygen atoms in total. The van der Waals surface area contributed by atoms with E-state index in [1.54, 1.807) is 6.07 Å². The summed E-state index contributed by atoms with van der Waals surface area (Å²) in [4.78, 5) is 13.6. The van der Waals surface area contributed by atoms with Crippen LogP contribution in [-0.2, 0) is 4.79 Å². The maximum atomic E-state index is 11.7. The highest BCUT2D eigenvalue weighted by atomic mass is 35.5. The zero-order valence-corrected chi connectivity index (χ0v) is 10.4. The summed E-state index contributed by atoms with van der Waals surface area (Å²) in [6, 6.07) is 7.30. The summed E-state index contributed by atoms with van der Waals surface area (Å²) in [6.07, 6.45) is 2.67. The predicted octanol–water partition coefficient (Wildman–Crippen LogP) is 2.73. The lowest BCUT2D eigenvalue weighted by Crippen LogP contribution is -2.28. The van der Waals surface area contributed by atoms with E-state index in [1.165, 1.54) is 0 Å². The summed E-state index contributed by atoms with van der Waals surface area (Å²) in [5, 5.41) is 0.584. The van der Waals surface area contributed by atoms with E-state index in [1.807, 2.05) is 23.1 Å². The molecular weight excluding hydrogens is 238 g/mol. The van der Waals surface area contributed by atoms with Gasteiger partial charge in [0.25, 0.3) is 0 Å². The molecule has 1 saturated heterocycles. The van der Waals surface area contributed by atoms with Crippen molar-refractivity contribution >= 4 is 17.5 Å². The van der Waals surface area contributed by atoms with Crippen molar-refractivity contribution in [1.29, 1.82) is 0 Å². The predicted molar refractivity (Wildman–Crippen MR) is 67.4 cm³/mol. The Morgan fingerprint density at radius 3 is 2.71 bits per heavy atom. The van der Waals surface area contributed by atoms with Gasteiger partial charge >= 0.3 is 0 Å². The summed E-state index contributed by atoms with van der Waals surface area (Å²) in [5.74, 6) is 0.818. The van der Waals surface area contributed by atoms with Crippen LogP contribution < -0.4 is 4.74 Å². The number of benzene rings is 1. The fourth-order valence-electron chi connectivity index (χ4n) is 1.93. The van der Waals surface area contributed by atoms with Gasteiger partial charge in [-0.25, -0.2) is 0 Å². The molecule has 17 heavy (non-hydrogen) atoms. The van der Waals surface area contributed by atoms with Crippen molar-refractivity contribution in [3.63, 3.8) is 0 Å². The number of carbonyl (C=O) groups is 1. The van der Waals surface area contributed by atoms with E-state index in [2.05, 4.69) is 0 Å². The number of para-hydroxylation sites is 1. The van der Waals surface area contributed by atoms with Crippen LogP contribution in [0.25, 0.3) is 0 Å². The van der Waals surface area contributed by atoms with Crippen LogP contribution in [0.2, 0.25) is 5.02 Å². The van der Waals surface area contributed by atoms with E-state index in [4.69, 9.17) is 16.3 Å². The molecule has 0 unspecified atom stereocenters. The minimum absolute atomic E-state index is 0.176. The normalized spacial score (nSPS) is 15.0. The molecule has 0 bridgehead atoms. The molecule has 4 heteroatoms. The molecule has 0 saturated carbocycles. The fourth-order valence-corrected chi connectivity index (χ4v) is 2.13. The Kier molecular flexibility index (Phi) is 4.26. The third-order valence-corrected chi connectivity index (χ3v) is 3.18. The molecular formula is C13H16ClNO2. The van der Waals surface area contributed by atoms with Crippen molar-refractivity contribution in [3.8, 4) is 5.75 Å². The maximum absolute atomic E-state index is 11.7. The second-order valence-corrected chi connectivity index (χ2v) is 4.52. The number of rotatable bonds is 4. The molecule has 0 aromatic heterocycles. The minimum atomic E-state index is 0.176. The van der Waals surface area contributed by atoms with Crippen LogP contribution in [0.1, 0.15) is 19.3 Å². The maximum Gasteiger partial charge on any atom is 0.225 e. The Morgan fingerprint density at radius 2 is 2.00 bits per heavy atom. The van der Waals surface area contributed by atoms with Gasteiger partial charge in [0.2, 0.25) is 5.91 Å². The first kappa shape index (κ1) is 12.2. The molecule has 92 valence electrons. The number of likely N-dealkylation sites (tertiary alicyclic amines) is 1. The molecule has 1 amide bonds. The average molecular weight is 254 g/mol. The van der Waals surface area contributed by atoms with Gasteiger partial charge < -0.3 is 9.64 Å². The van der Waals surface area contributed by atoms with Gasteiger partial charge in [-0.1, -0.05) is 23.7 Å². The summed E-state index contributed by atoms with van der Waals surface area (Å²) in [7, 11) is 0. The number of ether oxygens (including phenoxy) is 1. The van der Waals surface area contributed by atoms with Crippen molar-refractivity contribution in [3.05, 3.63) is 29.3 Å². The monoisotopic (exact) mass is 253 g/mol. The first-order valence-electron chi connectivity index (χ1n) is 5.92. The van der Waals surface area contributed by atoms with Gasteiger partial charge in [-0.3, -0.25) is 4.79 Å². The Balaban J connectivity index is 1.76. The largest absolute Gasteiger partial charge is 0.491 e. The SMILES string of the molecule is O=C(CCOc1ccccc1Cl)N1CCCC1. The van der Waals surface area contributed by atoms with Crippen molar-refractivity contribution in [2.75, 3.05) is 19.7 Å². The Morgan fingerprint density at radius 1 is 1.29 bits per heavy atom. The minimum Gasteiger partial charge on any atom is -0.491 e. The summed E-state index contributed by atoms with van der Waals surface area (Å²) >= 11 is 5.95. The molecule has 1 heterocycles. The number of carbonyl (C=O) groups excluding carboxylic acids is 1. The van der Waals surface area contributed by atoms with Crippen LogP contribution >= 0.6 is 11.6 Å². The Labute approximate surface area is 106 Å². The van der Waals surface area contributed by atoms with Crippen LogP contribution in [0.3, 0.4) is 0 Å². The van der Waals surface area contributed by atoms with Crippen LogP contribution in [0.4, 0.5) is 0 Å². The standard InChI is InChI=1S/C13H16ClNO2/c14-11-5-1-2-6-12(11)17-10-7-13(16)15-8-3-4-9-15/h1-2,5-6H,3-4,7-10H2. The van der Waals surface area contributed by atoms with Crippen molar-refractivity contribution in [2.24, 2.45) is 0 Å².